The number of rotatable bonds is 4. The normalized spacial score (nSPS) is 14.0. The van der Waals surface area contributed by atoms with Gasteiger partial charge in [-0.1, -0.05) is 0 Å². The first kappa shape index (κ1) is 26.1. The van der Waals surface area contributed by atoms with Crippen LogP contribution in [0.3, 0.4) is 0 Å². The van der Waals surface area contributed by atoms with Crippen molar-refractivity contribution in [3.63, 3.8) is 0 Å². The van der Waals surface area contributed by atoms with Gasteiger partial charge in [-0.2, -0.15) is 0 Å². The standard InChI is InChI=1S/2C14H11.2C6H5.H3Si.Zr/c2*1-10-5-4-8-13-12-7-3-2-6-11(12)9-14(10)13;2*1-2-4-6-5-3-1;;/h2*2-4,6-8H,9H2,1H3;2*1-5H;1H3;. The van der Waals surface area contributed by atoms with E-state index in [4.69, 9.17) is 0 Å². The van der Waals surface area contributed by atoms with Crippen LogP contribution in [0.2, 0.25) is 0 Å². The summed E-state index contributed by atoms with van der Waals surface area (Å²) in [6.07, 6.45) is 2.06. The van der Waals surface area contributed by atoms with Gasteiger partial charge in [-0.3, -0.25) is 0 Å². The summed E-state index contributed by atoms with van der Waals surface area (Å²) in [7, 11) is 1.07. The Bertz CT molecular complexity index is 1880. The monoisotopic (exact) mass is 633 g/mol. The van der Waals surface area contributed by atoms with Crippen LogP contribution in [-0.2, 0) is 30.8 Å². The van der Waals surface area contributed by atoms with Crippen molar-refractivity contribution in [1.29, 1.82) is 0 Å². The molecule has 0 aromatic heterocycles. The Labute approximate surface area is 252 Å². The Morgan fingerprint density at radius 2 is 0.810 bits per heavy atom. The molecule has 6 aromatic carbocycles. The molecule has 0 amide bonds. The van der Waals surface area contributed by atoms with Gasteiger partial charge >= 0.3 is 254 Å². The maximum atomic E-state index is 2.57. The van der Waals surface area contributed by atoms with Crippen LogP contribution >= 0.6 is 0 Å². The first-order chi connectivity index (χ1) is 20.5. The van der Waals surface area contributed by atoms with E-state index in [1.807, 2.05) is 0 Å². The molecule has 0 aliphatic heterocycles. The summed E-state index contributed by atoms with van der Waals surface area (Å²) in [5.74, 6) is 0. The summed E-state index contributed by atoms with van der Waals surface area (Å²) in [5, 5.41) is 0. The van der Waals surface area contributed by atoms with Crippen molar-refractivity contribution >= 4 is 20.5 Å². The summed E-state index contributed by atoms with van der Waals surface area (Å²) in [6, 6.07) is 51.4. The van der Waals surface area contributed by atoms with Crippen LogP contribution in [0, 0.1) is 13.8 Å². The molecule has 6 aromatic rings. The molecule has 0 atom stereocenters. The molecule has 0 N–H and O–H groups in total. The third-order valence-electron chi connectivity index (χ3n) is 10.9. The first-order valence-corrected chi connectivity index (χ1v) is 28.5. The summed E-state index contributed by atoms with van der Waals surface area (Å²) in [4.78, 5) is 0. The quantitative estimate of drug-likeness (QED) is 0.208. The molecule has 203 valence electrons. The molecule has 0 bridgehead atoms. The van der Waals surface area contributed by atoms with E-state index in [2.05, 4.69) is 147 Å². The molecular formula is C40H35SiZr. The summed E-state index contributed by atoms with van der Waals surface area (Å²) in [5.41, 5.74) is 14.7. The second kappa shape index (κ2) is 9.46. The van der Waals surface area contributed by atoms with E-state index in [-0.39, 0.29) is 0 Å². The summed E-state index contributed by atoms with van der Waals surface area (Å²) < 4.78 is 6.39. The number of benzene rings is 6. The second-order valence-electron chi connectivity index (χ2n) is 12.7. The summed E-state index contributed by atoms with van der Waals surface area (Å²) in [6.45, 7) is 4.88. The van der Waals surface area contributed by atoms with Gasteiger partial charge in [0.1, 0.15) is 0 Å². The number of hydrogen-bond acceptors (Lipinski definition) is 0. The van der Waals surface area contributed by atoms with E-state index in [1.165, 1.54) is 55.6 Å². The fraction of sp³-hybridized carbons (Fsp3) is 0.100. The second-order valence-corrected chi connectivity index (χ2v) is 38.6. The zero-order chi connectivity index (χ0) is 28.5. The van der Waals surface area contributed by atoms with Crippen LogP contribution in [0.25, 0.3) is 22.3 Å². The SMILES string of the molecule is Cc1[c]([Zr]([SiH3])([c]2ccccc2)([c]2ccccc2)[c]2ccc3c(c2C)Cc2ccccc2-3)ccc2c1Cc1ccccc1-2. The Morgan fingerprint density at radius 3 is 1.24 bits per heavy atom. The van der Waals surface area contributed by atoms with Crippen molar-refractivity contribution < 1.29 is 17.9 Å². The van der Waals surface area contributed by atoms with E-state index < -0.39 is 17.9 Å². The van der Waals surface area contributed by atoms with Gasteiger partial charge < -0.3 is 0 Å². The molecule has 2 aliphatic carbocycles. The van der Waals surface area contributed by atoms with Crippen molar-refractivity contribution in [3.05, 3.63) is 167 Å². The van der Waals surface area contributed by atoms with Crippen LogP contribution in [0.1, 0.15) is 33.4 Å². The van der Waals surface area contributed by atoms with Gasteiger partial charge in [-0.25, -0.2) is 0 Å². The van der Waals surface area contributed by atoms with Gasteiger partial charge in [0.25, 0.3) is 0 Å². The molecule has 2 aliphatic rings. The minimum absolute atomic E-state index is 1.03. The fourth-order valence-corrected chi connectivity index (χ4v) is 36.5. The van der Waals surface area contributed by atoms with Gasteiger partial charge in [0, 0.05) is 0 Å². The Hall–Kier alpha value is -3.58. The molecular weight excluding hydrogens is 600 g/mol. The molecule has 0 saturated heterocycles. The van der Waals surface area contributed by atoms with E-state index in [0.29, 0.717) is 0 Å². The Kier molecular flexibility index (Phi) is 5.88. The van der Waals surface area contributed by atoms with Crippen molar-refractivity contribution in [2.24, 2.45) is 0 Å². The van der Waals surface area contributed by atoms with Crippen LogP contribution < -0.4 is 13.1 Å². The zero-order valence-electron chi connectivity index (χ0n) is 24.6. The van der Waals surface area contributed by atoms with Crippen molar-refractivity contribution in [1.82, 2.24) is 0 Å². The molecule has 0 unspecified atom stereocenters. The molecule has 0 spiro atoms. The molecule has 0 saturated carbocycles. The molecule has 0 nitrogen and oxygen atoms in total. The fourth-order valence-electron chi connectivity index (χ4n) is 8.73. The summed E-state index contributed by atoms with van der Waals surface area (Å²) >= 11 is -4.43. The van der Waals surface area contributed by atoms with Gasteiger partial charge in [-0.05, 0) is 0 Å². The van der Waals surface area contributed by atoms with E-state index in [9.17, 15) is 0 Å². The van der Waals surface area contributed by atoms with Gasteiger partial charge in [0.2, 0.25) is 0 Å². The van der Waals surface area contributed by atoms with Crippen molar-refractivity contribution in [2.75, 3.05) is 0 Å². The average Bonchev–Trinajstić information content (AvgIpc) is 3.62. The van der Waals surface area contributed by atoms with Crippen LogP contribution in [0.4, 0.5) is 0 Å². The average molecular weight is 635 g/mol. The predicted octanol–water partition coefficient (Wildman–Crippen LogP) is 6.02. The van der Waals surface area contributed by atoms with Gasteiger partial charge in [-0.15, -0.1) is 0 Å². The zero-order valence-corrected chi connectivity index (χ0v) is 29.1. The van der Waals surface area contributed by atoms with Crippen molar-refractivity contribution in [3.8, 4) is 22.3 Å². The maximum absolute atomic E-state index is 4.43. The van der Waals surface area contributed by atoms with Crippen LogP contribution in [0.5, 0.6) is 0 Å². The topological polar surface area (TPSA) is 0 Å². The van der Waals surface area contributed by atoms with Crippen LogP contribution in [-0.4, -0.2) is 7.37 Å². The number of fused-ring (bicyclic) bond motifs is 6. The number of hydrogen-bond donors (Lipinski definition) is 0. The van der Waals surface area contributed by atoms with Gasteiger partial charge in [0.15, 0.2) is 0 Å². The minimum atomic E-state index is -4.43. The predicted molar refractivity (Wildman–Crippen MR) is 180 cm³/mol. The third kappa shape index (κ3) is 3.37. The molecule has 42 heavy (non-hydrogen) atoms. The van der Waals surface area contributed by atoms with E-state index in [1.54, 1.807) is 13.1 Å². The third-order valence-corrected chi connectivity index (χ3v) is 42.1. The Morgan fingerprint density at radius 1 is 0.429 bits per heavy atom. The molecule has 0 fully saturated rings. The van der Waals surface area contributed by atoms with E-state index >= 15 is 0 Å². The molecule has 0 radical (unpaired) electrons. The molecule has 8 rings (SSSR count). The first-order valence-electron chi connectivity index (χ1n) is 15.2. The molecule has 2 heteroatoms. The van der Waals surface area contributed by atoms with Crippen LogP contribution in [0.15, 0.2) is 133 Å². The van der Waals surface area contributed by atoms with Gasteiger partial charge in [0.05, 0.1) is 0 Å². The Balaban J connectivity index is 1.50. The molecule has 0 heterocycles. The van der Waals surface area contributed by atoms with E-state index in [0.717, 1.165) is 20.2 Å². The van der Waals surface area contributed by atoms with Crippen molar-refractivity contribution in [2.45, 2.75) is 26.7 Å².